The zero-order valence-corrected chi connectivity index (χ0v) is 20.9. The lowest BCUT2D eigenvalue weighted by Gasteiger charge is -2.20. The maximum absolute atomic E-state index is 12.9. The van der Waals surface area contributed by atoms with E-state index in [1.807, 2.05) is 6.92 Å². The minimum atomic E-state index is -3.67. The Morgan fingerprint density at radius 2 is 1.64 bits per heavy atom. The fourth-order valence-electron chi connectivity index (χ4n) is 3.12. The smallest absolute Gasteiger partial charge is 0.348 e. The van der Waals surface area contributed by atoms with Crippen LogP contribution in [0, 0.1) is 6.92 Å². The average Bonchev–Trinajstić information content (AvgIpc) is 3.13. The summed E-state index contributed by atoms with van der Waals surface area (Å²) in [5.74, 6) is -1.91. The number of amides is 1. The van der Waals surface area contributed by atoms with E-state index in [4.69, 9.17) is 9.47 Å². The molecule has 0 atom stereocenters. The van der Waals surface area contributed by atoms with Gasteiger partial charge >= 0.3 is 11.9 Å². The maximum atomic E-state index is 12.9. The predicted molar refractivity (Wildman–Crippen MR) is 125 cm³/mol. The quantitative estimate of drug-likeness (QED) is 0.498. The summed E-state index contributed by atoms with van der Waals surface area (Å²) in [5.41, 5.74) is 0.583. The van der Waals surface area contributed by atoms with E-state index in [1.54, 1.807) is 13.8 Å². The number of hydrogen-bond donors (Lipinski definition) is 1. The van der Waals surface area contributed by atoms with E-state index in [0.717, 1.165) is 24.2 Å². The maximum Gasteiger partial charge on any atom is 0.348 e. The molecule has 1 N–H and O–H groups in total. The van der Waals surface area contributed by atoms with Crippen molar-refractivity contribution in [2.24, 2.45) is 0 Å². The van der Waals surface area contributed by atoms with Crippen molar-refractivity contribution in [3.05, 3.63) is 45.8 Å². The van der Waals surface area contributed by atoms with E-state index in [0.29, 0.717) is 18.7 Å². The minimum absolute atomic E-state index is 0.0601. The number of anilines is 1. The van der Waals surface area contributed by atoms with Gasteiger partial charge in [-0.05, 0) is 43.2 Å². The monoisotopic (exact) mass is 496 g/mol. The topological polar surface area (TPSA) is 119 Å². The summed E-state index contributed by atoms with van der Waals surface area (Å²) < 4.78 is 36.6. The molecule has 33 heavy (non-hydrogen) atoms. The molecule has 0 bridgehead atoms. The molecular formula is C22H28N2O7S2. The number of carbonyl (C=O) groups excluding carboxylic acids is 3. The van der Waals surface area contributed by atoms with Crippen molar-refractivity contribution >= 4 is 44.2 Å². The highest BCUT2D eigenvalue weighted by Crippen LogP contribution is 2.34. The lowest BCUT2D eigenvalue weighted by atomic mass is 10.1. The van der Waals surface area contributed by atoms with Gasteiger partial charge in [0.15, 0.2) is 0 Å². The lowest BCUT2D eigenvalue weighted by molar-refractivity contribution is 0.0601. The van der Waals surface area contributed by atoms with Gasteiger partial charge in [0.2, 0.25) is 10.0 Å². The van der Waals surface area contributed by atoms with Crippen molar-refractivity contribution in [2.45, 2.75) is 38.5 Å². The molecule has 0 unspecified atom stereocenters. The summed E-state index contributed by atoms with van der Waals surface area (Å²) in [5, 5.41) is 2.75. The Bertz CT molecular complexity index is 1120. The standard InChI is InChI=1S/C22H28N2O7S2/c1-6-8-13-24(7-2)33(28,29)16-11-9-15(10-12-16)19(25)23-20-17(21(26)30-4)14(3)18(32-20)22(27)31-5/h9-12H,6-8,13H2,1-5H3,(H,23,25). The van der Waals surface area contributed by atoms with Crippen molar-refractivity contribution in [2.75, 3.05) is 32.6 Å². The molecule has 0 saturated carbocycles. The molecule has 1 amide bonds. The van der Waals surface area contributed by atoms with Gasteiger partial charge in [-0.25, -0.2) is 18.0 Å². The number of nitrogens with zero attached hydrogens (tertiary/aromatic N) is 1. The Kier molecular flexibility index (Phi) is 9.15. The molecule has 0 aliphatic carbocycles. The number of nitrogens with one attached hydrogen (secondary N) is 1. The molecule has 0 saturated heterocycles. The van der Waals surface area contributed by atoms with Gasteiger partial charge < -0.3 is 14.8 Å². The summed E-state index contributed by atoms with van der Waals surface area (Å²) in [6.07, 6.45) is 1.63. The molecule has 0 fully saturated rings. The lowest BCUT2D eigenvalue weighted by Crippen LogP contribution is -2.31. The molecule has 1 aromatic carbocycles. The summed E-state index contributed by atoms with van der Waals surface area (Å²) in [6, 6.07) is 5.55. The van der Waals surface area contributed by atoms with Crippen LogP contribution < -0.4 is 5.32 Å². The molecular weight excluding hydrogens is 468 g/mol. The van der Waals surface area contributed by atoms with Crippen LogP contribution in [0.1, 0.15) is 62.6 Å². The molecule has 9 nitrogen and oxygen atoms in total. The third-order valence-electron chi connectivity index (χ3n) is 5.00. The Balaban J connectivity index is 2.32. The number of thiophene rings is 1. The Labute approximate surface area is 197 Å². The van der Waals surface area contributed by atoms with Gasteiger partial charge in [0.25, 0.3) is 5.91 Å². The highest BCUT2D eigenvalue weighted by atomic mass is 32.2. The number of rotatable bonds is 10. The molecule has 1 aromatic heterocycles. The van der Waals surface area contributed by atoms with Crippen LogP contribution in [0.3, 0.4) is 0 Å². The first-order valence-electron chi connectivity index (χ1n) is 10.3. The van der Waals surface area contributed by atoms with Crippen molar-refractivity contribution in [3.63, 3.8) is 0 Å². The average molecular weight is 497 g/mol. The summed E-state index contributed by atoms with van der Waals surface area (Å²) >= 11 is 0.898. The molecule has 0 aliphatic heterocycles. The third kappa shape index (κ3) is 5.79. The molecule has 2 aromatic rings. The minimum Gasteiger partial charge on any atom is -0.465 e. The molecule has 0 radical (unpaired) electrons. The van der Waals surface area contributed by atoms with Gasteiger partial charge in [0.05, 0.1) is 24.7 Å². The first-order valence-corrected chi connectivity index (χ1v) is 12.6. The zero-order valence-electron chi connectivity index (χ0n) is 19.3. The van der Waals surface area contributed by atoms with E-state index < -0.39 is 27.9 Å². The zero-order chi connectivity index (χ0) is 24.8. The fourth-order valence-corrected chi connectivity index (χ4v) is 5.72. The third-order valence-corrected chi connectivity index (χ3v) is 8.18. The van der Waals surface area contributed by atoms with Gasteiger partial charge in [0.1, 0.15) is 9.88 Å². The molecule has 0 aliphatic rings. The number of unbranched alkanes of at least 4 members (excludes halogenated alkanes) is 1. The van der Waals surface area contributed by atoms with Crippen molar-refractivity contribution in [1.29, 1.82) is 0 Å². The van der Waals surface area contributed by atoms with Gasteiger partial charge in [-0.2, -0.15) is 4.31 Å². The van der Waals surface area contributed by atoms with Crippen LogP contribution in [0.15, 0.2) is 29.2 Å². The number of esters is 2. The van der Waals surface area contributed by atoms with Crippen molar-refractivity contribution in [1.82, 2.24) is 4.31 Å². The number of hydrogen-bond acceptors (Lipinski definition) is 8. The SMILES string of the molecule is CCCCN(CC)S(=O)(=O)c1ccc(C(=O)Nc2sc(C(=O)OC)c(C)c2C(=O)OC)cc1. The van der Waals surface area contributed by atoms with Crippen molar-refractivity contribution < 1.29 is 32.3 Å². The Hall–Kier alpha value is -2.76. The van der Waals surface area contributed by atoms with Crippen LogP contribution in [0.5, 0.6) is 0 Å². The normalized spacial score (nSPS) is 11.3. The first kappa shape index (κ1) is 26.5. The summed E-state index contributed by atoms with van der Waals surface area (Å²) in [6.45, 7) is 6.10. The first-order chi connectivity index (χ1) is 15.6. The van der Waals surface area contributed by atoms with Crippen LogP contribution in [0.4, 0.5) is 5.00 Å². The van der Waals surface area contributed by atoms with Crippen LogP contribution in [-0.2, 0) is 19.5 Å². The van der Waals surface area contributed by atoms with Gasteiger partial charge in [-0.1, -0.05) is 20.3 Å². The van der Waals surface area contributed by atoms with E-state index in [1.165, 1.54) is 42.8 Å². The largest absolute Gasteiger partial charge is 0.465 e. The Morgan fingerprint density at radius 1 is 1.03 bits per heavy atom. The number of ether oxygens (including phenoxy) is 2. The second-order valence-electron chi connectivity index (χ2n) is 7.07. The second-order valence-corrected chi connectivity index (χ2v) is 10.0. The summed E-state index contributed by atoms with van der Waals surface area (Å²) in [7, 11) is -1.26. The van der Waals surface area contributed by atoms with Crippen LogP contribution in [-0.4, -0.2) is 57.9 Å². The summed E-state index contributed by atoms with van der Waals surface area (Å²) in [4.78, 5) is 37.3. The highest BCUT2D eigenvalue weighted by Gasteiger charge is 2.27. The van der Waals surface area contributed by atoms with Crippen molar-refractivity contribution in [3.8, 4) is 0 Å². The second kappa shape index (κ2) is 11.4. The number of benzene rings is 1. The van der Waals surface area contributed by atoms with E-state index >= 15 is 0 Å². The van der Waals surface area contributed by atoms with Gasteiger partial charge in [-0.15, -0.1) is 11.3 Å². The number of methoxy groups -OCH3 is 2. The number of sulfonamides is 1. The fraction of sp³-hybridized carbons (Fsp3) is 0.409. The van der Waals surface area contributed by atoms with Gasteiger partial charge in [0, 0.05) is 18.7 Å². The van der Waals surface area contributed by atoms with Crippen LogP contribution >= 0.6 is 11.3 Å². The van der Waals surface area contributed by atoms with Crippen LogP contribution in [0.2, 0.25) is 0 Å². The number of carbonyl (C=O) groups is 3. The van der Waals surface area contributed by atoms with E-state index in [-0.39, 0.29) is 25.9 Å². The molecule has 1 heterocycles. The predicted octanol–water partition coefficient (Wildman–Crippen LogP) is 3.69. The van der Waals surface area contributed by atoms with E-state index in [9.17, 15) is 22.8 Å². The van der Waals surface area contributed by atoms with Crippen LogP contribution in [0.25, 0.3) is 0 Å². The highest BCUT2D eigenvalue weighted by molar-refractivity contribution is 7.89. The molecule has 180 valence electrons. The van der Waals surface area contributed by atoms with E-state index in [2.05, 4.69) is 5.32 Å². The molecule has 0 spiro atoms. The van der Waals surface area contributed by atoms with Gasteiger partial charge in [-0.3, -0.25) is 4.79 Å². The Morgan fingerprint density at radius 3 is 2.15 bits per heavy atom. The molecule has 11 heteroatoms. The molecule has 2 rings (SSSR count).